The first-order valence-electron chi connectivity index (χ1n) is 5.36. The van der Waals surface area contributed by atoms with Gasteiger partial charge >= 0.3 is 12.0 Å². The second kappa shape index (κ2) is 6.30. The van der Waals surface area contributed by atoms with Crippen molar-refractivity contribution in [2.75, 3.05) is 5.32 Å². The van der Waals surface area contributed by atoms with Crippen molar-refractivity contribution in [3.63, 3.8) is 0 Å². The van der Waals surface area contributed by atoms with Crippen LogP contribution in [-0.2, 0) is 11.2 Å². The first-order chi connectivity index (χ1) is 8.52. The summed E-state index contributed by atoms with van der Waals surface area (Å²) in [5, 5.41) is 13.9. The molecule has 0 bridgehead atoms. The van der Waals surface area contributed by atoms with Gasteiger partial charge in [0.25, 0.3) is 0 Å². The van der Waals surface area contributed by atoms with Crippen molar-refractivity contribution in [2.45, 2.75) is 19.4 Å². The van der Waals surface area contributed by atoms with Crippen molar-refractivity contribution in [1.29, 1.82) is 0 Å². The number of terminal acetylenes is 1. The molecule has 1 atom stereocenters. The minimum atomic E-state index is -0.957. The summed E-state index contributed by atoms with van der Waals surface area (Å²) < 4.78 is 0. The topological polar surface area (TPSA) is 78.4 Å². The van der Waals surface area contributed by atoms with Gasteiger partial charge in [-0.15, -0.1) is 6.42 Å². The number of nitrogens with one attached hydrogen (secondary N) is 2. The van der Waals surface area contributed by atoms with E-state index in [-0.39, 0.29) is 6.42 Å². The molecule has 1 unspecified atom stereocenters. The molecule has 0 fully saturated rings. The molecular formula is C13H14N2O3. The smallest absolute Gasteiger partial charge is 0.320 e. The molecule has 94 valence electrons. The highest BCUT2D eigenvalue weighted by molar-refractivity contribution is 5.91. The summed E-state index contributed by atoms with van der Waals surface area (Å²) in [5.74, 6) is 1.41. The van der Waals surface area contributed by atoms with Gasteiger partial charge in [-0.3, -0.25) is 4.79 Å². The fourth-order valence-corrected chi connectivity index (χ4v) is 1.36. The van der Waals surface area contributed by atoms with E-state index in [1.165, 1.54) is 0 Å². The molecule has 0 aliphatic carbocycles. The van der Waals surface area contributed by atoms with Crippen LogP contribution in [0, 0.1) is 12.3 Å². The number of amides is 2. The van der Waals surface area contributed by atoms with Crippen LogP contribution in [0.2, 0.25) is 0 Å². The average molecular weight is 246 g/mol. The van der Waals surface area contributed by atoms with E-state index in [2.05, 4.69) is 16.6 Å². The predicted molar refractivity (Wildman–Crippen MR) is 68.2 cm³/mol. The van der Waals surface area contributed by atoms with Crippen molar-refractivity contribution >= 4 is 17.7 Å². The van der Waals surface area contributed by atoms with Crippen molar-refractivity contribution in [3.8, 4) is 12.3 Å². The second-order valence-electron chi connectivity index (χ2n) is 3.71. The number of benzene rings is 1. The highest BCUT2D eigenvalue weighted by atomic mass is 16.4. The van der Waals surface area contributed by atoms with E-state index in [0.29, 0.717) is 11.3 Å². The molecule has 0 spiro atoms. The Morgan fingerprint density at radius 3 is 2.72 bits per heavy atom. The molecule has 0 heterocycles. The maximum Gasteiger partial charge on any atom is 0.320 e. The maximum absolute atomic E-state index is 11.6. The van der Waals surface area contributed by atoms with Crippen molar-refractivity contribution in [2.24, 2.45) is 0 Å². The van der Waals surface area contributed by atoms with Gasteiger partial charge in [-0.25, -0.2) is 4.79 Å². The van der Waals surface area contributed by atoms with Gasteiger partial charge < -0.3 is 15.7 Å². The summed E-state index contributed by atoms with van der Waals surface area (Å²) in [6.07, 6.45) is 4.99. The monoisotopic (exact) mass is 246 g/mol. The summed E-state index contributed by atoms with van der Waals surface area (Å²) in [4.78, 5) is 22.2. The number of carboxylic acid groups (broad SMARTS) is 1. The molecule has 1 aromatic carbocycles. The lowest BCUT2D eigenvalue weighted by Gasteiger charge is -2.12. The molecule has 1 aromatic rings. The molecule has 0 saturated carbocycles. The van der Waals surface area contributed by atoms with Crippen LogP contribution in [0.15, 0.2) is 24.3 Å². The number of rotatable bonds is 4. The van der Waals surface area contributed by atoms with Crippen LogP contribution in [0.1, 0.15) is 12.5 Å². The third-order valence-corrected chi connectivity index (χ3v) is 2.20. The van der Waals surface area contributed by atoms with Crippen molar-refractivity contribution < 1.29 is 14.7 Å². The van der Waals surface area contributed by atoms with Gasteiger partial charge in [-0.05, 0) is 18.6 Å². The largest absolute Gasteiger partial charge is 0.481 e. The molecule has 1 rings (SSSR count). The number of carbonyl (C=O) groups is 2. The molecule has 3 N–H and O–H groups in total. The predicted octanol–water partition coefficient (Wildman–Crippen LogP) is 1.46. The number of aliphatic carboxylic acids is 1. The van der Waals surface area contributed by atoms with Crippen LogP contribution in [0.4, 0.5) is 10.5 Å². The molecule has 18 heavy (non-hydrogen) atoms. The van der Waals surface area contributed by atoms with Gasteiger partial charge in [0.05, 0.1) is 12.5 Å². The van der Waals surface area contributed by atoms with E-state index >= 15 is 0 Å². The van der Waals surface area contributed by atoms with Crippen LogP contribution in [-0.4, -0.2) is 23.1 Å². The highest BCUT2D eigenvalue weighted by Gasteiger charge is 2.09. The summed E-state index contributed by atoms with van der Waals surface area (Å²) in [6, 6.07) is 5.86. The quantitative estimate of drug-likeness (QED) is 0.704. The number of anilines is 1. The minimum absolute atomic E-state index is 0.152. The highest BCUT2D eigenvalue weighted by Crippen LogP contribution is 2.15. The molecule has 0 aliphatic heterocycles. The van der Waals surface area contributed by atoms with Crippen molar-refractivity contribution in [3.05, 3.63) is 29.8 Å². The maximum atomic E-state index is 11.6. The first-order valence-corrected chi connectivity index (χ1v) is 5.36. The van der Waals surface area contributed by atoms with Crippen LogP contribution >= 0.6 is 0 Å². The fraction of sp³-hybridized carbons (Fsp3) is 0.231. The summed E-state index contributed by atoms with van der Waals surface area (Å²) in [5.41, 5.74) is 0.995. The molecule has 5 heteroatoms. The Hall–Kier alpha value is -2.48. The standard InChI is InChI=1S/C13H14N2O3/c1-3-9(2)14-13(18)15-11-7-5-4-6-10(11)8-12(16)17/h1,4-7,9H,8H2,2H3,(H,16,17)(H2,14,15,18). The number of hydrogen-bond donors (Lipinski definition) is 3. The number of para-hydroxylation sites is 1. The number of carboxylic acids is 1. The van der Waals surface area contributed by atoms with E-state index in [1.807, 2.05) is 0 Å². The lowest BCUT2D eigenvalue weighted by molar-refractivity contribution is -0.136. The van der Waals surface area contributed by atoms with E-state index in [9.17, 15) is 9.59 Å². The molecule has 0 aromatic heterocycles. The third kappa shape index (κ3) is 4.18. The SMILES string of the molecule is C#CC(C)NC(=O)Nc1ccccc1CC(=O)O. The number of carbonyl (C=O) groups excluding carboxylic acids is 1. The Labute approximate surface area is 105 Å². The summed E-state index contributed by atoms with van der Waals surface area (Å²) in [7, 11) is 0. The van der Waals surface area contributed by atoms with Crippen LogP contribution < -0.4 is 10.6 Å². The van der Waals surface area contributed by atoms with Crippen LogP contribution in [0.25, 0.3) is 0 Å². The zero-order chi connectivity index (χ0) is 13.5. The van der Waals surface area contributed by atoms with Crippen molar-refractivity contribution in [1.82, 2.24) is 5.32 Å². The van der Waals surface area contributed by atoms with Crippen LogP contribution in [0.3, 0.4) is 0 Å². The molecule has 2 amide bonds. The molecule has 5 nitrogen and oxygen atoms in total. The van der Waals surface area contributed by atoms with Gasteiger partial charge in [0, 0.05) is 5.69 Å². The fourth-order valence-electron chi connectivity index (χ4n) is 1.36. The molecular weight excluding hydrogens is 232 g/mol. The Bertz CT molecular complexity index is 491. The summed E-state index contributed by atoms with van der Waals surface area (Å²) >= 11 is 0. The third-order valence-electron chi connectivity index (χ3n) is 2.20. The van der Waals surface area contributed by atoms with Gasteiger partial charge in [-0.2, -0.15) is 0 Å². The Morgan fingerprint density at radius 1 is 1.44 bits per heavy atom. The lowest BCUT2D eigenvalue weighted by Crippen LogP contribution is -2.35. The second-order valence-corrected chi connectivity index (χ2v) is 3.71. The van der Waals surface area contributed by atoms with E-state index < -0.39 is 18.0 Å². The van der Waals surface area contributed by atoms with Gasteiger partial charge in [0.2, 0.25) is 0 Å². The van der Waals surface area contributed by atoms with E-state index in [0.717, 1.165) is 0 Å². The normalized spacial score (nSPS) is 11.1. The zero-order valence-corrected chi connectivity index (χ0v) is 9.93. The molecule has 0 radical (unpaired) electrons. The Balaban J connectivity index is 2.75. The lowest BCUT2D eigenvalue weighted by atomic mass is 10.1. The zero-order valence-electron chi connectivity index (χ0n) is 9.93. The van der Waals surface area contributed by atoms with Gasteiger partial charge in [0.1, 0.15) is 0 Å². The Morgan fingerprint density at radius 2 is 2.11 bits per heavy atom. The minimum Gasteiger partial charge on any atom is -0.481 e. The number of urea groups is 1. The molecule has 0 saturated heterocycles. The number of hydrogen-bond acceptors (Lipinski definition) is 2. The first kappa shape index (κ1) is 13.6. The van der Waals surface area contributed by atoms with Gasteiger partial charge in [-0.1, -0.05) is 24.1 Å². The molecule has 0 aliphatic rings. The average Bonchev–Trinajstić information content (AvgIpc) is 2.30. The van der Waals surface area contributed by atoms with E-state index in [4.69, 9.17) is 11.5 Å². The summed E-state index contributed by atoms with van der Waals surface area (Å²) in [6.45, 7) is 1.67. The van der Waals surface area contributed by atoms with Crippen LogP contribution in [0.5, 0.6) is 0 Å². The van der Waals surface area contributed by atoms with E-state index in [1.54, 1.807) is 31.2 Å². The Kier molecular flexibility index (Phi) is 4.76. The van der Waals surface area contributed by atoms with Gasteiger partial charge in [0.15, 0.2) is 0 Å².